The molecule has 1 aliphatic heterocycles. The summed E-state index contributed by atoms with van der Waals surface area (Å²) in [6.07, 6.45) is 5.42. The number of benzene rings is 1. The largest absolute Gasteiger partial charge is 0.465 e. The lowest BCUT2D eigenvalue weighted by molar-refractivity contribution is -0.143. The maximum absolute atomic E-state index is 13.9. The summed E-state index contributed by atoms with van der Waals surface area (Å²) in [6, 6.07) is 8.88. The van der Waals surface area contributed by atoms with Gasteiger partial charge in [0.05, 0.1) is 6.61 Å². The van der Waals surface area contributed by atoms with Crippen molar-refractivity contribution in [1.29, 1.82) is 0 Å². The molecule has 28 heavy (non-hydrogen) atoms. The molecule has 4 rings (SSSR count). The van der Waals surface area contributed by atoms with Gasteiger partial charge in [0, 0.05) is 55.0 Å². The minimum absolute atomic E-state index is 0.169. The molecule has 5 nitrogen and oxygen atoms in total. The van der Waals surface area contributed by atoms with E-state index in [1.54, 1.807) is 19.1 Å². The van der Waals surface area contributed by atoms with E-state index in [0.29, 0.717) is 6.61 Å². The van der Waals surface area contributed by atoms with Crippen LogP contribution in [0.15, 0.2) is 42.7 Å². The molecule has 0 spiro atoms. The Bertz CT molecular complexity index is 984. The molecule has 1 aliphatic rings. The van der Waals surface area contributed by atoms with Gasteiger partial charge < -0.3 is 9.30 Å². The number of fused-ring (bicyclic) bond motifs is 3. The highest BCUT2D eigenvalue weighted by Crippen LogP contribution is 2.31. The number of halogens is 1. The van der Waals surface area contributed by atoms with Crippen molar-refractivity contribution >= 4 is 16.9 Å². The van der Waals surface area contributed by atoms with Gasteiger partial charge in [-0.25, -0.2) is 4.39 Å². The Morgan fingerprint density at radius 1 is 1.25 bits per heavy atom. The van der Waals surface area contributed by atoms with E-state index in [1.165, 1.54) is 11.6 Å². The van der Waals surface area contributed by atoms with E-state index < -0.39 is 0 Å². The summed E-state index contributed by atoms with van der Waals surface area (Å²) in [6.45, 7) is 4.94. The molecule has 1 aromatic carbocycles. The molecule has 0 fully saturated rings. The van der Waals surface area contributed by atoms with Crippen LogP contribution >= 0.6 is 0 Å². The molecule has 0 saturated heterocycles. The average Bonchev–Trinajstić information content (AvgIpc) is 3.00. The molecule has 0 atom stereocenters. The fourth-order valence-corrected chi connectivity index (χ4v) is 4.02. The van der Waals surface area contributed by atoms with Crippen molar-refractivity contribution in [2.45, 2.75) is 32.9 Å². The molecule has 0 amide bonds. The van der Waals surface area contributed by atoms with Crippen molar-refractivity contribution in [2.75, 3.05) is 19.7 Å². The highest BCUT2D eigenvalue weighted by atomic mass is 19.1. The van der Waals surface area contributed by atoms with Gasteiger partial charge in [-0.2, -0.15) is 0 Å². The minimum atomic E-state index is -0.258. The van der Waals surface area contributed by atoms with Crippen molar-refractivity contribution in [2.24, 2.45) is 0 Å². The van der Waals surface area contributed by atoms with Crippen LogP contribution in [0, 0.1) is 5.82 Å². The Labute approximate surface area is 163 Å². The molecular formula is C22H24FN3O2. The van der Waals surface area contributed by atoms with Crippen molar-refractivity contribution in [3.8, 4) is 0 Å². The summed E-state index contributed by atoms with van der Waals surface area (Å²) in [5.41, 5.74) is 4.40. The van der Waals surface area contributed by atoms with Crippen LogP contribution in [-0.2, 0) is 35.5 Å². The van der Waals surface area contributed by atoms with Crippen LogP contribution in [0.25, 0.3) is 10.9 Å². The number of esters is 1. The first-order valence-electron chi connectivity index (χ1n) is 9.72. The minimum Gasteiger partial charge on any atom is -0.465 e. The second-order valence-electron chi connectivity index (χ2n) is 7.11. The maximum Gasteiger partial charge on any atom is 0.325 e. The summed E-state index contributed by atoms with van der Waals surface area (Å²) in [5.74, 6) is -0.510. The number of hydrogen-bond acceptors (Lipinski definition) is 4. The van der Waals surface area contributed by atoms with Crippen molar-refractivity contribution in [3.05, 3.63) is 65.4 Å². The van der Waals surface area contributed by atoms with E-state index in [1.807, 2.05) is 29.1 Å². The van der Waals surface area contributed by atoms with Gasteiger partial charge in [-0.3, -0.25) is 14.7 Å². The molecule has 146 valence electrons. The number of ether oxygens (including phenoxy) is 1. The average molecular weight is 381 g/mol. The molecule has 0 bridgehead atoms. The summed E-state index contributed by atoms with van der Waals surface area (Å²) >= 11 is 0. The van der Waals surface area contributed by atoms with Gasteiger partial charge in [0.15, 0.2) is 0 Å². The Hall–Kier alpha value is -2.73. The number of carbonyl (C=O) groups is 1. The van der Waals surface area contributed by atoms with E-state index >= 15 is 0 Å². The van der Waals surface area contributed by atoms with E-state index in [2.05, 4.69) is 9.88 Å². The van der Waals surface area contributed by atoms with Gasteiger partial charge >= 0.3 is 5.97 Å². The first kappa shape index (κ1) is 18.6. The summed E-state index contributed by atoms with van der Waals surface area (Å²) in [4.78, 5) is 18.6. The topological polar surface area (TPSA) is 47.4 Å². The SMILES string of the molecule is CCOC(=O)Cn1c2c(c3cc(F)ccc31)CN(CCc1ccncc1)CC2. The van der Waals surface area contributed by atoms with Crippen molar-refractivity contribution < 1.29 is 13.9 Å². The van der Waals surface area contributed by atoms with Gasteiger partial charge in [0.2, 0.25) is 0 Å². The van der Waals surface area contributed by atoms with Crippen LogP contribution in [0.5, 0.6) is 0 Å². The molecule has 6 heteroatoms. The van der Waals surface area contributed by atoms with E-state index in [4.69, 9.17) is 4.74 Å². The second kappa shape index (κ2) is 8.10. The van der Waals surface area contributed by atoms with E-state index in [-0.39, 0.29) is 18.3 Å². The monoisotopic (exact) mass is 381 g/mol. The van der Waals surface area contributed by atoms with Crippen LogP contribution in [-0.4, -0.2) is 40.1 Å². The van der Waals surface area contributed by atoms with Crippen LogP contribution in [0.2, 0.25) is 0 Å². The predicted molar refractivity (Wildman–Crippen MR) is 105 cm³/mol. The molecule has 3 heterocycles. The lowest BCUT2D eigenvalue weighted by atomic mass is 10.0. The molecule has 2 aromatic heterocycles. The summed E-state index contributed by atoms with van der Waals surface area (Å²) in [7, 11) is 0. The highest BCUT2D eigenvalue weighted by Gasteiger charge is 2.25. The van der Waals surface area contributed by atoms with Crippen LogP contribution in [0.4, 0.5) is 4.39 Å². The lowest BCUT2D eigenvalue weighted by Crippen LogP contribution is -2.33. The zero-order valence-electron chi connectivity index (χ0n) is 16.0. The summed E-state index contributed by atoms with van der Waals surface area (Å²) < 4.78 is 21.1. The number of nitrogens with zero attached hydrogens (tertiary/aromatic N) is 3. The number of hydrogen-bond donors (Lipinski definition) is 0. The molecule has 0 unspecified atom stereocenters. The predicted octanol–water partition coefficient (Wildman–Crippen LogP) is 3.34. The number of pyridine rings is 1. The first-order valence-corrected chi connectivity index (χ1v) is 9.72. The highest BCUT2D eigenvalue weighted by molar-refractivity contribution is 5.87. The molecule has 0 saturated carbocycles. The fraction of sp³-hybridized carbons (Fsp3) is 0.364. The molecule has 0 N–H and O–H groups in total. The van der Waals surface area contributed by atoms with Gasteiger partial charge in [-0.1, -0.05) is 0 Å². The molecular weight excluding hydrogens is 357 g/mol. The third-order valence-corrected chi connectivity index (χ3v) is 5.35. The Morgan fingerprint density at radius 2 is 2.07 bits per heavy atom. The number of carbonyl (C=O) groups excluding carboxylic acids is 1. The van der Waals surface area contributed by atoms with Crippen molar-refractivity contribution in [3.63, 3.8) is 0 Å². The Morgan fingerprint density at radius 3 is 2.86 bits per heavy atom. The summed E-state index contributed by atoms with van der Waals surface area (Å²) in [5, 5.41) is 0.896. The molecule has 0 radical (unpaired) electrons. The number of aromatic nitrogens is 2. The Kier molecular flexibility index (Phi) is 5.39. The van der Waals surface area contributed by atoms with Gasteiger partial charge in [0.1, 0.15) is 12.4 Å². The smallest absolute Gasteiger partial charge is 0.325 e. The van der Waals surface area contributed by atoms with Gasteiger partial charge in [-0.15, -0.1) is 0 Å². The zero-order valence-corrected chi connectivity index (χ0v) is 16.0. The fourth-order valence-electron chi connectivity index (χ4n) is 4.02. The quantitative estimate of drug-likeness (QED) is 0.615. The van der Waals surface area contributed by atoms with Crippen LogP contribution < -0.4 is 0 Å². The standard InChI is InChI=1S/C22H24FN3O2/c1-2-28-22(27)15-26-20-4-3-17(23)13-18(20)19-14-25(12-8-21(19)26)11-7-16-5-9-24-10-6-16/h3-6,9-10,13H,2,7-8,11-12,14-15H2,1H3. The number of rotatable bonds is 6. The maximum atomic E-state index is 13.9. The lowest BCUT2D eigenvalue weighted by Gasteiger charge is -2.28. The second-order valence-corrected chi connectivity index (χ2v) is 7.11. The van der Waals surface area contributed by atoms with Crippen LogP contribution in [0.3, 0.4) is 0 Å². The third kappa shape index (κ3) is 3.78. The third-order valence-electron chi connectivity index (χ3n) is 5.35. The van der Waals surface area contributed by atoms with Crippen LogP contribution in [0.1, 0.15) is 23.7 Å². The van der Waals surface area contributed by atoms with E-state index in [0.717, 1.165) is 54.6 Å². The van der Waals surface area contributed by atoms with E-state index in [9.17, 15) is 9.18 Å². The first-order chi connectivity index (χ1) is 13.7. The zero-order chi connectivity index (χ0) is 19.5. The molecule has 3 aromatic rings. The Balaban J connectivity index is 1.60. The van der Waals surface area contributed by atoms with Gasteiger partial charge in [0.25, 0.3) is 0 Å². The normalized spacial score (nSPS) is 14.2. The molecule has 0 aliphatic carbocycles. The van der Waals surface area contributed by atoms with Crippen molar-refractivity contribution in [1.82, 2.24) is 14.5 Å². The van der Waals surface area contributed by atoms with Gasteiger partial charge in [-0.05, 0) is 54.8 Å².